The van der Waals surface area contributed by atoms with Gasteiger partial charge in [0.2, 0.25) is 0 Å². The molecule has 1 aromatic rings. The summed E-state index contributed by atoms with van der Waals surface area (Å²) in [5, 5.41) is 0. The summed E-state index contributed by atoms with van der Waals surface area (Å²) in [5.41, 5.74) is -0.0897. The van der Waals surface area contributed by atoms with Crippen molar-refractivity contribution < 1.29 is 13.2 Å². The highest BCUT2D eigenvalue weighted by atomic mass is 19.4. The first-order valence-corrected chi connectivity index (χ1v) is 9.36. The molecular weight excluding hydrogens is 311 g/mol. The molecule has 0 N–H and O–H groups in total. The molecule has 0 spiro atoms. The van der Waals surface area contributed by atoms with Gasteiger partial charge >= 0.3 is 6.18 Å². The van der Waals surface area contributed by atoms with E-state index in [4.69, 9.17) is 0 Å². The van der Waals surface area contributed by atoms with Gasteiger partial charge in [0.25, 0.3) is 0 Å². The quantitative estimate of drug-likeness (QED) is 0.383. The van der Waals surface area contributed by atoms with Gasteiger partial charge in [-0.25, -0.2) is 0 Å². The Bertz CT molecular complexity index is 431. The number of benzene rings is 1. The summed E-state index contributed by atoms with van der Waals surface area (Å²) in [7, 11) is 0. The zero-order valence-electron chi connectivity index (χ0n) is 15.2. The van der Waals surface area contributed by atoms with E-state index in [0.29, 0.717) is 12.1 Å². The van der Waals surface area contributed by atoms with E-state index in [0.717, 1.165) is 38.8 Å². The number of nitrogens with zero attached hydrogens (tertiary/aromatic N) is 1. The van der Waals surface area contributed by atoms with Crippen LogP contribution in [0, 0.1) is 0 Å². The molecule has 1 rings (SSSR count). The molecule has 0 aromatic heterocycles. The van der Waals surface area contributed by atoms with E-state index in [-0.39, 0.29) is 0 Å². The predicted molar refractivity (Wildman–Crippen MR) is 95.0 cm³/mol. The van der Waals surface area contributed by atoms with Gasteiger partial charge in [0.05, 0.1) is 5.56 Å². The van der Waals surface area contributed by atoms with Crippen LogP contribution in [0.15, 0.2) is 24.3 Å². The van der Waals surface area contributed by atoms with Crippen molar-refractivity contribution in [1.29, 1.82) is 0 Å². The average molecular weight is 343 g/mol. The topological polar surface area (TPSA) is 3.24 Å². The van der Waals surface area contributed by atoms with Crippen LogP contribution in [0.25, 0.3) is 0 Å². The molecule has 1 aromatic carbocycles. The van der Waals surface area contributed by atoms with E-state index in [2.05, 4.69) is 18.7 Å². The number of hydrogen-bond donors (Lipinski definition) is 0. The molecule has 1 nitrogen and oxygen atoms in total. The van der Waals surface area contributed by atoms with Crippen molar-refractivity contribution in [3.05, 3.63) is 35.4 Å². The molecule has 24 heavy (non-hydrogen) atoms. The molecule has 0 radical (unpaired) electrons. The summed E-state index contributed by atoms with van der Waals surface area (Å²) in [6.45, 7) is 6.51. The molecule has 0 atom stereocenters. The van der Waals surface area contributed by atoms with Crippen molar-refractivity contribution in [2.75, 3.05) is 13.1 Å². The van der Waals surface area contributed by atoms with Crippen LogP contribution in [-0.4, -0.2) is 18.0 Å². The summed E-state index contributed by atoms with van der Waals surface area (Å²) in [6, 6.07) is 5.99. The van der Waals surface area contributed by atoms with Gasteiger partial charge in [-0.15, -0.1) is 0 Å². The second-order valence-electron chi connectivity index (χ2n) is 6.55. The Morgan fingerprint density at radius 1 is 0.792 bits per heavy atom. The molecule has 0 aliphatic heterocycles. The molecule has 0 unspecified atom stereocenters. The van der Waals surface area contributed by atoms with Crippen LogP contribution in [0.2, 0.25) is 0 Å². The first-order valence-electron chi connectivity index (χ1n) is 9.36. The normalized spacial score (nSPS) is 12.1. The van der Waals surface area contributed by atoms with Gasteiger partial charge in [-0.05, 0) is 37.6 Å². The largest absolute Gasteiger partial charge is 0.416 e. The van der Waals surface area contributed by atoms with Crippen LogP contribution < -0.4 is 0 Å². The lowest BCUT2D eigenvalue weighted by molar-refractivity contribution is -0.138. The van der Waals surface area contributed by atoms with Crippen molar-refractivity contribution in [3.63, 3.8) is 0 Å². The number of halogens is 3. The highest BCUT2D eigenvalue weighted by molar-refractivity contribution is 5.29. The van der Waals surface area contributed by atoms with Crippen molar-refractivity contribution in [3.8, 4) is 0 Å². The summed E-state index contributed by atoms with van der Waals surface area (Å²) < 4.78 is 39.6. The minimum Gasteiger partial charge on any atom is -0.299 e. The van der Waals surface area contributed by atoms with Crippen LogP contribution in [-0.2, 0) is 12.7 Å². The third-order valence-corrected chi connectivity index (χ3v) is 4.37. The monoisotopic (exact) mass is 343 g/mol. The number of hydrogen-bond acceptors (Lipinski definition) is 1. The standard InChI is InChI=1S/C20H32F3N/c1-3-5-7-11-15-24(16-12-8-6-4-2)17-18-13-9-10-14-19(18)20(21,22)23/h9-10,13-14H,3-8,11-12,15-17H2,1-2H3. The lowest BCUT2D eigenvalue weighted by Gasteiger charge is -2.24. The fourth-order valence-electron chi connectivity index (χ4n) is 2.97. The molecule has 0 fully saturated rings. The zero-order valence-corrected chi connectivity index (χ0v) is 15.2. The Balaban J connectivity index is 2.68. The Kier molecular flexibility index (Phi) is 10.1. The van der Waals surface area contributed by atoms with Gasteiger partial charge in [-0.1, -0.05) is 70.6 Å². The van der Waals surface area contributed by atoms with Gasteiger partial charge in [0.15, 0.2) is 0 Å². The van der Waals surface area contributed by atoms with Gasteiger partial charge < -0.3 is 0 Å². The Labute approximate surface area is 145 Å². The van der Waals surface area contributed by atoms with Crippen LogP contribution in [0.4, 0.5) is 13.2 Å². The number of unbranched alkanes of at least 4 members (excludes halogenated alkanes) is 6. The van der Waals surface area contributed by atoms with Gasteiger partial charge in [-0.2, -0.15) is 13.2 Å². The van der Waals surface area contributed by atoms with Crippen molar-refractivity contribution in [1.82, 2.24) is 4.90 Å². The molecule has 0 aliphatic carbocycles. The summed E-state index contributed by atoms with van der Waals surface area (Å²) in [4.78, 5) is 2.20. The summed E-state index contributed by atoms with van der Waals surface area (Å²) in [5.74, 6) is 0. The second-order valence-corrected chi connectivity index (χ2v) is 6.55. The predicted octanol–water partition coefficient (Wildman–Crippen LogP) is 6.67. The van der Waals surface area contributed by atoms with Crippen LogP contribution in [0.5, 0.6) is 0 Å². The average Bonchev–Trinajstić information content (AvgIpc) is 2.54. The van der Waals surface area contributed by atoms with E-state index >= 15 is 0 Å². The lowest BCUT2D eigenvalue weighted by atomic mass is 10.1. The van der Waals surface area contributed by atoms with E-state index in [1.54, 1.807) is 12.1 Å². The smallest absolute Gasteiger partial charge is 0.299 e. The van der Waals surface area contributed by atoms with Gasteiger partial charge in [-0.3, -0.25) is 4.90 Å². The lowest BCUT2D eigenvalue weighted by Crippen LogP contribution is -2.27. The highest BCUT2D eigenvalue weighted by Crippen LogP contribution is 2.32. The molecule has 0 heterocycles. The molecule has 138 valence electrons. The van der Waals surface area contributed by atoms with Crippen LogP contribution in [0.3, 0.4) is 0 Å². The maximum Gasteiger partial charge on any atom is 0.416 e. The van der Waals surface area contributed by atoms with E-state index in [9.17, 15) is 13.2 Å². The maximum absolute atomic E-state index is 13.2. The van der Waals surface area contributed by atoms with Crippen LogP contribution in [0.1, 0.15) is 76.3 Å². The molecule has 0 bridgehead atoms. The molecular formula is C20H32F3N. The van der Waals surface area contributed by atoms with Gasteiger partial charge in [0.1, 0.15) is 0 Å². The number of alkyl halides is 3. The molecule has 0 amide bonds. The fourth-order valence-corrected chi connectivity index (χ4v) is 2.97. The van der Waals surface area contributed by atoms with E-state index in [1.165, 1.54) is 37.8 Å². The summed E-state index contributed by atoms with van der Waals surface area (Å²) >= 11 is 0. The van der Waals surface area contributed by atoms with E-state index in [1.807, 2.05) is 0 Å². The zero-order chi connectivity index (χ0) is 17.8. The molecule has 0 aliphatic rings. The van der Waals surface area contributed by atoms with Crippen molar-refractivity contribution >= 4 is 0 Å². The van der Waals surface area contributed by atoms with Crippen molar-refractivity contribution in [2.24, 2.45) is 0 Å². The Morgan fingerprint density at radius 2 is 1.33 bits per heavy atom. The second kappa shape index (κ2) is 11.5. The fraction of sp³-hybridized carbons (Fsp3) is 0.700. The third kappa shape index (κ3) is 8.18. The highest BCUT2D eigenvalue weighted by Gasteiger charge is 2.33. The first-order chi connectivity index (χ1) is 11.5. The SMILES string of the molecule is CCCCCCN(CCCCCC)Cc1ccccc1C(F)(F)F. The molecule has 4 heteroatoms. The van der Waals surface area contributed by atoms with Gasteiger partial charge in [0, 0.05) is 6.54 Å². The maximum atomic E-state index is 13.2. The Hall–Kier alpha value is -1.03. The van der Waals surface area contributed by atoms with E-state index < -0.39 is 11.7 Å². The van der Waals surface area contributed by atoms with Crippen LogP contribution >= 0.6 is 0 Å². The molecule has 0 saturated carbocycles. The minimum atomic E-state index is -4.27. The summed E-state index contributed by atoms with van der Waals surface area (Å²) in [6.07, 6.45) is 4.91. The first kappa shape index (κ1) is 21.0. The van der Waals surface area contributed by atoms with Crippen molar-refractivity contribution in [2.45, 2.75) is 77.9 Å². The number of rotatable bonds is 12. The third-order valence-electron chi connectivity index (χ3n) is 4.37. The Morgan fingerprint density at radius 3 is 1.83 bits per heavy atom. The molecule has 0 saturated heterocycles. The minimum absolute atomic E-state index is 0.397.